The topological polar surface area (TPSA) is 66.9 Å². The van der Waals surface area contributed by atoms with Gasteiger partial charge < -0.3 is 9.64 Å². The number of anilines is 2. The molecule has 0 bridgehead atoms. The lowest BCUT2D eigenvalue weighted by Gasteiger charge is -2.24. The lowest BCUT2D eigenvalue weighted by atomic mass is 10.1. The van der Waals surface area contributed by atoms with Crippen LogP contribution in [0.5, 0.6) is 5.75 Å². The summed E-state index contributed by atoms with van der Waals surface area (Å²) in [6.45, 7) is 6.33. The van der Waals surface area contributed by atoms with Crippen LogP contribution < -0.4 is 13.9 Å². The van der Waals surface area contributed by atoms with Gasteiger partial charge in [-0.25, -0.2) is 8.42 Å². The maximum absolute atomic E-state index is 13.3. The average Bonchev–Trinajstić information content (AvgIpc) is 2.80. The molecule has 0 saturated carbocycles. The molecule has 6 nitrogen and oxygen atoms in total. The van der Waals surface area contributed by atoms with Crippen molar-refractivity contribution < 1.29 is 17.9 Å². The summed E-state index contributed by atoms with van der Waals surface area (Å²) < 4.78 is 32.8. The van der Waals surface area contributed by atoms with Gasteiger partial charge in [0.15, 0.2) is 0 Å². The van der Waals surface area contributed by atoms with Crippen LogP contribution >= 0.6 is 0 Å². The molecule has 3 aromatic rings. The highest BCUT2D eigenvalue weighted by Crippen LogP contribution is 2.27. The van der Waals surface area contributed by atoms with E-state index >= 15 is 0 Å². The molecular formula is C25H28N2O4S. The first-order valence-corrected chi connectivity index (χ1v) is 11.7. The van der Waals surface area contributed by atoms with E-state index in [1.54, 1.807) is 48.4 Å². The Hall–Kier alpha value is -3.32. The fraction of sp³-hybridized carbons (Fsp3) is 0.240. The maximum Gasteiger partial charge on any atom is 0.264 e. The first kappa shape index (κ1) is 23.3. The molecule has 0 aromatic heterocycles. The summed E-state index contributed by atoms with van der Waals surface area (Å²) in [6, 6.07) is 18.8. The molecular weight excluding hydrogens is 424 g/mol. The van der Waals surface area contributed by atoms with Crippen molar-refractivity contribution in [2.75, 3.05) is 29.9 Å². The van der Waals surface area contributed by atoms with E-state index in [1.165, 1.54) is 23.5 Å². The van der Waals surface area contributed by atoms with Gasteiger partial charge in [-0.1, -0.05) is 23.8 Å². The van der Waals surface area contributed by atoms with Crippen LogP contribution in [0.4, 0.5) is 11.4 Å². The normalized spacial score (nSPS) is 11.2. The van der Waals surface area contributed by atoms with Crippen LogP contribution in [0, 0.1) is 13.8 Å². The van der Waals surface area contributed by atoms with Crippen LogP contribution in [0.2, 0.25) is 0 Å². The fourth-order valence-corrected chi connectivity index (χ4v) is 4.81. The van der Waals surface area contributed by atoms with Gasteiger partial charge in [0.25, 0.3) is 15.9 Å². The molecule has 0 unspecified atom stereocenters. The number of aryl methyl sites for hydroxylation is 2. The SMILES string of the molecule is CCN(C(=O)c1cccc(S(=O)(=O)N(C)c2ccc(OC)cc2)c1)c1ccc(C)cc1C. The van der Waals surface area contributed by atoms with Crippen molar-refractivity contribution in [2.24, 2.45) is 0 Å². The van der Waals surface area contributed by atoms with E-state index < -0.39 is 10.0 Å². The number of ether oxygens (including phenoxy) is 1. The van der Waals surface area contributed by atoms with Gasteiger partial charge in [-0.05, 0) is 74.9 Å². The largest absolute Gasteiger partial charge is 0.497 e. The standard InChI is InChI=1S/C25H28N2O4S/c1-6-27(24-15-10-18(2)16-19(24)3)25(28)20-8-7-9-23(17-20)32(29,30)26(4)21-11-13-22(31-5)14-12-21/h7-17H,6H2,1-5H3. The van der Waals surface area contributed by atoms with Crippen LogP contribution in [0.25, 0.3) is 0 Å². The number of hydrogen-bond acceptors (Lipinski definition) is 4. The molecule has 1 amide bonds. The summed E-state index contributed by atoms with van der Waals surface area (Å²) in [5.41, 5.74) is 3.73. The molecule has 7 heteroatoms. The second-order valence-corrected chi connectivity index (χ2v) is 9.51. The Labute approximate surface area is 190 Å². The summed E-state index contributed by atoms with van der Waals surface area (Å²) in [5, 5.41) is 0. The molecule has 0 N–H and O–H groups in total. The molecule has 0 aliphatic heterocycles. The Balaban J connectivity index is 1.94. The minimum atomic E-state index is -3.86. The summed E-state index contributed by atoms with van der Waals surface area (Å²) in [7, 11) is -0.820. The second kappa shape index (κ2) is 9.44. The molecule has 3 aromatic carbocycles. The van der Waals surface area contributed by atoms with Gasteiger partial charge in [0, 0.05) is 24.8 Å². The zero-order chi connectivity index (χ0) is 23.5. The number of benzene rings is 3. The summed E-state index contributed by atoms with van der Waals surface area (Å²) in [4.78, 5) is 15.0. The van der Waals surface area contributed by atoms with Crippen molar-refractivity contribution in [1.82, 2.24) is 0 Å². The van der Waals surface area contributed by atoms with Crippen molar-refractivity contribution >= 4 is 27.3 Å². The zero-order valence-electron chi connectivity index (χ0n) is 19.0. The van der Waals surface area contributed by atoms with Gasteiger partial charge in [0.1, 0.15) is 5.75 Å². The van der Waals surface area contributed by atoms with E-state index in [4.69, 9.17) is 4.74 Å². The van der Waals surface area contributed by atoms with E-state index in [0.29, 0.717) is 23.5 Å². The molecule has 0 heterocycles. The molecule has 0 aliphatic carbocycles. The highest BCUT2D eigenvalue weighted by molar-refractivity contribution is 7.92. The fourth-order valence-electron chi connectivity index (χ4n) is 3.57. The Morgan fingerprint density at radius 3 is 2.25 bits per heavy atom. The molecule has 32 heavy (non-hydrogen) atoms. The Morgan fingerprint density at radius 1 is 0.969 bits per heavy atom. The van der Waals surface area contributed by atoms with Crippen LogP contribution in [-0.4, -0.2) is 35.0 Å². The molecule has 3 rings (SSSR count). The number of carbonyl (C=O) groups is 1. The molecule has 168 valence electrons. The Kier molecular flexibility index (Phi) is 6.89. The van der Waals surface area contributed by atoms with Crippen molar-refractivity contribution in [3.63, 3.8) is 0 Å². The van der Waals surface area contributed by atoms with Crippen LogP contribution in [-0.2, 0) is 10.0 Å². The summed E-state index contributed by atoms with van der Waals surface area (Å²) in [6.07, 6.45) is 0. The monoisotopic (exact) mass is 452 g/mol. The Morgan fingerprint density at radius 2 is 1.66 bits per heavy atom. The highest BCUT2D eigenvalue weighted by atomic mass is 32.2. The number of rotatable bonds is 7. The summed E-state index contributed by atoms with van der Waals surface area (Å²) >= 11 is 0. The molecule has 0 radical (unpaired) electrons. The number of nitrogens with zero attached hydrogens (tertiary/aromatic N) is 2. The number of methoxy groups -OCH3 is 1. The van der Waals surface area contributed by atoms with Gasteiger partial charge in [-0.15, -0.1) is 0 Å². The van der Waals surface area contributed by atoms with Crippen LogP contribution in [0.1, 0.15) is 28.4 Å². The molecule has 0 aliphatic rings. The van der Waals surface area contributed by atoms with Crippen molar-refractivity contribution in [1.29, 1.82) is 0 Å². The van der Waals surface area contributed by atoms with Gasteiger partial charge in [-0.3, -0.25) is 9.10 Å². The molecule has 0 fully saturated rings. The highest BCUT2D eigenvalue weighted by Gasteiger charge is 2.24. The third kappa shape index (κ3) is 4.62. The number of amides is 1. The predicted molar refractivity (Wildman–Crippen MR) is 128 cm³/mol. The van der Waals surface area contributed by atoms with Crippen molar-refractivity contribution in [2.45, 2.75) is 25.7 Å². The van der Waals surface area contributed by atoms with Gasteiger partial charge in [-0.2, -0.15) is 0 Å². The third-order valence-electron chi connectivity index (χ3n) is 5.38. The third-order valence-corrected chi connectivity index (χ3v) is 7.16. The van der Waals surface area contributed by atoms with E-state index in [-0.39, 0.29) is 10.8 Å². The van der Waals surface area contributed by atoms with Crippen molar-refractivity contribution in [3.05, 3.63) is 83.4 Å². The van der Waals surface area contributed by atoms with Gasteiger partial charge in [0.05, 0.1) is 17.7 Å². The lowest BCUT2D eigenvalue weighted by molar-refractivity contribution is 0.0988. The van der Waals surface area contributed by atoms with E-state index in [0.717, 1.165) is 16.8 Å². The molecule has 0 atom stereocenters. The first-order chi connectivity index (χ1) is 15.2. The minimum Gasteiger partial charge on any atom is -0.497 e. The minimum absolute atomic E-state index is 0.0540. The smallest absolute Gasteiger partial charge is 0.264 e. The van der Waals surface area contributed by atoms with Crippen LogP contribution in [0.3, 0.4) is 0 Å². The maximum atomic E-state index is 13.3. The van der Waals surface area contributed by atoms with E-state index in [2.05, 4.69) is 0 Å². The molecule has 0 saturated heterocycles. The van der Waals surface area contributed by atoms with E-state index in [9.17, 15) is 13.2 Å². The average molecular weight is 453 g/mol. The predicted octanol–water partition coefficient (Wildman–Crippen LogP) is 4.80. The zero-order valence-corrected chi connectivity index (χ0v) is 19.8. The van der Waals surface area contributed by atoms with Gasteiger partial charge in [0.2, 0.25) is 0 Å². The first-order valence-electron chi connectivity index (χ1n) is 10.3. The van der Waals surface area contributed by atoms with Crippen molar-refractivity contribution in [3.8, 4) is 5.75 Å². The van der Waals surface area contributed by atoms with E-state index in [1.807, 2.05) is 39.0 Å². The Bertz CT molecular complexity index is 1220. The van der Waals surface area contributed by atoms with Crippen LogP contribution in [0.15, 0.2) is 71.6 Å². The molecule has 0 spiro atoms. The number of hydrogen-bond donors (Lipinski definition) is 0. The summed E-state index contributed by atoms with van der Waals surface area (Å²) in [5.74, 6) is 0.391. The quantitative estimate of drug-likeness (QED) is 0.516. The number of carbonyl (C=O) groups excluding carboxylic acids is 1. The second-order valence-electron chi connectivity index (χ2n) is 7.54. The number of sulfonamides is 1. The van der Waals surface area contributed by atoms with Gasteiger partial charge >= 0.3 is 0 Å². The lowest BCUT2D eigenvalue weighted by Crippen LogP contribution is -2.32.